The fraction of sp³-hybridized carbons (Fsp3) is 0.400. The van der Waals surface area contributed by atoms with Crippen LogP contribution in [0.2, 0.25) is 0 Å². The zero-order valence-corrected chi connectivity index (χ0v) is 18.6. The molecule has 7 nitrogen and oxygen atoms in total. The second-order valence-corrected chi connectivity index (χ2v) is 8.40. The van der Waals surface area contributed by atoms with Gasteiger partial charge in [0.1, 0.15) is 30.6 Å². The minimum Gasteiger partial charge on any atom is -0.497 e. The number of amides is 1. The lowest BCUT2D eigenvalue weighted by molar-refractivity contribution is -0.908. The first-order valence-corrected chi connectivity index (χ1v) is 11.2. The highest BCUT2D eigenvalue weighted by atomic mass is 19.1. The third-order valence-electron chi connectivity index (χ3n) is 6.40. The number of quaternary nitrogens is 1. The normalized spacial score (nSPS) is 21.5. The molecule has 0 aromatic heterocycles. The summed E-state index contributed by atoms with van der Waals surface area (Å²) in [5, 5.41) is 0. The van der Waals surface area contributed by atoms with Gasteiger partial charge in [-0.05, 0) is 42.0 Å². The van der Waals surface area contributed by atoms with Gasteiger partial charge in [-0.25, -0.2) is 4.39 Å². The second kappa shape index (κ2) is 10.2. The van der Waals surface area contributed by atoms with E-state index in [1.54, 1.807) is 31.4 Å². The van der Waals surface area contributed by atoms with Crippen molar-refractivity contribution in [2.45, 2.75) is 12.5 Å². The first-order valence-electron chi connectivity index (χ1n) is 11.2. The number of likely N-dealkylation sites (tertiary alicyclic amines) is 1. The first kappa shape index (κ1) is 23.1. The molecule has 174 valence electrons. The molecule has 2 saturated heterocycles. The van der Waals surface area contributed by atoms with Crippen LogP contribution in [0.15, 0.2) is 48.5 Å². The van der Waals surface area contributed by atoms with Gasteiger partial charge in [0.2, 0.25) is 5.78 Å². The number of halogens is 1. The van der Waals surface area contributed by atoms with Gasteiger partial charge in [-0.2, -0.15) is 0 Å². The van der Waals surface area contributed by atoms with Crippen LogP contribution in [0.4, 0.5) is 4.39 Å². The van der Waals surface area contributed by atoms with Gasteiger partial charge in [0.05, 0.1) is 32.9 Å². The van der Waals surface area contributed by atoms with Crippen LogP contribution in [-0.2, 0) is 14.3 Å². The van der Waals surface area contributed by atoms with Gasteiger partial charge in [-0.3, -0.25) is 14.4 Å². The smallest absolute Gasteiger partial charge is 0.291 e. The van der Waals surface area contributed by atoms with E-state index in [1.807, 2.05) is 0 Å². The number of rotatable bonds is 8. The van der Waals surface area contributed by atoms with E-state index in [0.29, 0.717) is 24.3 Å². The van der Waals surface area contributed by atoms with Crippen LogP contribution in [-0.4, -0.2) is 68.9 Å². The maximum Gasteiger partial charge on any atom is 0.291 e. The molecule has 2 aromatic carbocycles. The number of Topliss-reactive ketones (excluding diaryl/α,β-unsaturated/α-hetero) is 2. The van der Waals surface area contributed by atoms with Crippen LogP contribution in [0, 0.1) is 11.7 Å². The van der Waals surface area contributed by atoms with Gasteiger partial charge >= 0.3 is 0 Å². The summed E-state index contributed by atoms with van der Waals surface area (Å²) in [4.78, 5) is 42.3. The average Bonchev–Trinajstić information content (AvgIpc) is 3.10. The van der Waals surface area contributed by atoms with Gasteiger partial charge in [-0.1, -0.05) is 12.1 Å². The van der Waals surface area contributed by atoms with Crippen LogP contribution >= 0.6 is 0 Å². The van der Waals surface area contributed by atoms with Crippen LogP contribution in [0.25, 0.3) is 0 Å². The molecule has 2 fully saturated rings. The molecule has 0 spiro atoms. The molecule has 0 aliphatic carbocycles. The molecule has 33 heavy (non-hydrogen) atoms. The number of ether oxygens (including phenoxy) is 2. The fourth-order valence-electron chi connectivity index (χ4n) is 4.60. The maximum absolute atomic E-state index is 13.4. The third-order valence-corrected chi connectivity index (χ3v) is 6.40. The fourth-order valence-corrected chi connectivity index (χ4v) is 4.60. The van der Waals surface area contributed by atoms with Crippen molar-refractivity contribution in [3.8, 4) is 5.75 Å². The number of hydrogen-bond donors (Lipinski definition) is 1. The third kappa shape index (κ3) is 4.96. The molecule has 1 N–H and O–H groups in total. The number of morpholine rings is 1. The predicted molar refractivity (Wildman–Crippen MR) is 118 cm³/mol. The van der Waals surface area contributed by atoms with Crippen molar-refractivity contribution in [1.82, 2.24) is 4.90 Å². The van der Waals surface area contributed by atoms with Gasteiger partial charge < -0.3 is 19.3 Å². The molecule has 2 heterocycles. The summed E-state index contributed by atoms with van der Waals surface area (Å²) in [6.07, 6.45) is 0.707. The van der Waals surface area contributed by atoms with E-state index in [-0.39, 0.29) is 5.56 Å². The Balaban J connectivity index is 1.60. The Bertz CT molecular complexity index is 1000. The lowest BCUT2D eigenvalue weighted by Gasteiger charge is -2.29. The Labute approximate surface area is 192 Å². The van der Waals surface area contributed by atoms with E-state index >= 15 is 0 Å². The quantitative estimate of drug-likeness (QED) is 0.366. The van der Waals surface area contributed by atoms with Gasteiger partial charge in [0.15, 0.2) is 5.78 Å². The summed E-state index contributed by atoms with van der Waals surface area (Å²) >= 11 is 0. The molecule has 0 radical (unpaired) electrons. The number of methoxy groups -OCH3 is 1. The molecule has 2 aliphatic heterocycles. The molecule has 0 bridgehead atoms. The highest BCUT2D eigenvalue weighted by molar-refractivity contribution is 6.44. The Morgan fingerprint density at radius 1 is 1.09 bits per heavy atom. The van der Waals surface area contributed by atoms with Crippen LogP contribution in [0.3, 0.4) is 0 Å². The summed E-state index contributed by atoms with van der Waals surface area (Å²) < 4.78 is 24.0. The van der Waals surface area contributed by atoms with Crippen LogP contribution < -0.4 is 9.64 Å². The molecule has 2 unspecified atom stereocenters. The van der Waals surface area contributed by atoms with Crippen molar-refractivity contribution in [2.75, 3.05) is 46.5 Å². The first-order chi connectivity index (χ1) is 16.0. The van der Waals surface area contributed by atoms with Gasteiger partial charge in [-0.15, -0.1) is 0 Å². The van der Waals surface area contributed by atoms with Crippen molar-refractivity contribution >= 4 is 17.5 Å². The van der Waals surface area contributed by atoms with Crippen molar-refractivity contribution < 1.29 is 33.1 Å². The van der Waals surface area contributed by atoms with E-state index in [0.717, 1.165) is 32.8 Å². The molecule has 8 heteroatoms. The SMILES string of the molecule is COc1ccc(C2C(C(=O)c3ccc(F)cc3)C(=O)C(=O)N2CCC[NH+]2CCOCC2)cc1. The number of ketones is 2. The van der Waals surface area contributed by atoms with E-state index < -0.39 is 35.3 Å². The largest absolute Gasteiger partial charge is 0.497 e. The monoisotopic (exact) mass is 455 g/mol. The molecule has 0 saturated carbocycles. The van der Waals surface area contributed by atoms with Gasteiger partial charge in [0.25, 0.3) is 5.91 Å². The van der Waals surface area contributed by atoms with E-state index in [9.17, 15) is 18.8 Å². The Morgan fingerprint density at radius 2 is 1.76 bits per heavy atom. The predicted octanol–water partition coefficient (Wildman–Crippen LogP) is 1.09. The van der Waals surface area contributed by atoms with E-state index in [1.165, 1.54) is 34.1 Å². The highest BCUT2D eigenvalue weighted by Gasteiger charge is 2.51. The van der Waals surface area contributed by atoms with E-state index in [2.05, 4.69) is 0 Å². The zero-order chi connectivity index (χ0) is 23.4. The number of nitrogens with zero attached hydrogens (tertiary/aromatic N) is 1. The van der Waals surface area contributed by atoms with Gasteiger partial charge in [0, 0.05) is 18.5 Å². The molecule has 2 aromatic rings. The highest BCUT2D eigenvalue weighted by Crippen LogP contribution is 2.38. The number of carbonyl (C=O) groups is 3. The molecular weight excluding hydrogens is 427 g/mol. The number of benzene rings is 2. The summed E-state index contributed by atoms with van der Waals surface area (Å²) in [6, 6.07) is 11.4. The molecule has 2 atom stereocenters. The standard InChI is InChI=1S/C25H27FN2O5/c1-32-20-9-5-17(6-10-20)22-21(23(29)18-3-7-19(26)8-4-18)24(30)25(31)28(22)12-2-11-27-13-15-33-16-14-27/h3-10,21-22H,2,11-16H2,1H3/p+1. The summed E-state index contributed by atoms with van der Waals surface area (Å²) in [5.41, 5.74) is 0.898. The minimum absolute atomic E-state index is 0.209. The number of hydrogen-bond acceptors (Lipinski definition) is 5. The number of carbonyl (C=O) groups excluding carboxylic acids is 3. The van der Waals surface area contributed by atoms with E-state index in [4.69, 9.17) is 9.47 Å². The van der Waals surface area contributed by atoms with Crippen molar-refractivity contribution in [2.24, 2.45) is 5.92 Å². The molecular formula is C25H28FN2O5+. The Morgan fingerprint density at radius 3 is 2.39 bits per heavy atom. The lowest BCUT2D eigenvalue weighted by atomic mass is 9.86. The van der Waals surface area contributed by atoms with Crippen molar-refractivity contribution in [1.29, 1.82) is 0 Å². The van der Waals surface area contributed by atoms with Crippen LogP contribution in [0.5, 0.6) is 5.75 Å². The van der Waals surface area contributed by atoms with Crippen LogP contribution in [0.1, 0.15) is 28.4 Å². The molecule has 1 amide bonds. The Kier molecular flexibility index (Phi) is 7.15. The number of nitrogens with one attached hydrogen (secondary N) is 1. The van der Waals surface area contributed by atoms with Crippen molar-refractivity contribution in [3.63, 3.8) is 0 Å². The molecule has 2 aliphatic rings. The van der Waals surface area contributed by atoms with Crippen molar-refractivity contribution in [3.05, 3.63) is 65.5 Å². The summed E-state index contributed by atoms with van der Waals surface area (Å²) in [6.45, 7) is 4.51. The second-order valence-electron chi connectivity index (χ2n) is 8.40. The molecule has 4 rings (SSSR count). The topological polar surface area (TPSA) is 77.4 Å². The maximum atomic E-state index is 13.4. The average molecular weight is 456 g/mol. The zero-order valence-electron chi connectivity index (χ0n) is 18.6. The summed E-state index contributed by atoms with van der Waals surface area (Å²) in [7, 11) is 1.55. The Hall–Kier alpha value is -3.10. The minimum atomic E-state index is -1.17. The summed E-state index contributed by atoms with van der Waals surface area (Å²) in [5.74, 6) is -2.85. The lowest BCUT2D eigenvalue weighted by Crippen LogP contribution is -3.14.